The smallest absolute Gasteiger partial charge is 0.311 e. The summed E-state index contributed by atoms with van der Waals surface area (Å²) in [6, 6.07) is 8.66. The van der Waals surface area contributed by atoms with E-state index in [1.807, 2.05) is 32.0 Å². The van der Waals surface area contributed by atoms with Crippen molar-refractivity contribution in [3.8, 4) is 5.75 Å². The normalized spacial score (nSPS) is 11.8. The Morgan fingerprint density at radius 1 is 1.30 bits per heavy atom. The van der Waals surface area contributed by atoms with Crippen LogP contribution in [0, 0.1) is 24.0 Å². The van der Waals surface area contributed by atoms with Gasteiger partial charge in [0.2, 0.25) is 5.82 Å². The van der Waals surface area contributed by atoms with E-state index in [2.05, 4.69) is 10.3 Å². The molecule has 23 heavy (non-hydrogen) atoms. The van der Waals surface area contributed by atoms with E-state index < -0.39 is 11.0 Å². The number of benzene rings is 1. The Morgan fingerprint density at radius 3 is 2.65 bits per heavy atom. The van der Waals surface area contributed by atoms with E-state index in [0.29, 0.717) is 0 Å². The van der Waals surface area contributed by atoms with Gasteiger partial charge in [0.25, 0.3) is 0 Å². The summed E-state index contributed by atoms with van der Waals surface area (Å²) in [5.74, 6) is 0.874. The van der Waals surface area contributed by atoms with E-state index in [4.69, 9.17) is 4.74 Å². The monoisotopic (exact) mass is 317 g/mol. The largest absolute Gasteiger partial charge is 0.490 e. The number of ether oxygens (including phenoxy) is 1. The lowest BCUT2D eigenvalue weighted by molar-refractivity contribution is -0.384. The highest BCUT2D eigenvalue weighted by molar-refractivity contribution is 5.55. The molecule has 2 rings (SSSR count). The second-order valence-electron chi connectivity index (χ2n) is 5.19. The molecule has 0 fully saturated rings. The number of aliphatic hydroxyl groups is 1. The number of para-hydroxylation sites is 1. The Bertz CT molecular complexity index is 671. The quantitative estimate of drug-likeness (QED) is 0.601. The lowest BCUT2D eigenvalue weighted by atomic mass is 10.1. The minimum atomic E-state index is -0.824. The third-order valence-electron chi connectivity index (χ3n) is 3.32. The third kappa shape index (κ3) is 4.40. The van der Waals surface area contributed by atoms with Crippen molar-refractivity contribution in [1.29, 1.82) is 0 Å². The number of nitrogens with one attached hydrogen (secondary N) is 1. The average molecular weight is 317 g/mol. The van der Waals surface area contributed by atoms with Crippen LogP contribution in [0.3, 0.4) is 0 Å². The predicted molar refractivity (Wildman–Crippen MR) is 86.8 cm³/mol. The Morgan fingerprint density at radius 2 is 2.00 bits per heavy atom. The summed E-state index contributed by atoms with van der Waals surface area (Å²) in [5, 5.41) is 23.7. The Kier molecular flexibility index (Phi) is 5.48. The molecule has 7 nitrogen and oxygen atoms in total. The second kappa shape index (κ2) is 7.55. The molecule has 0 aliphatic carbocycles. The number of pyridine rings is 1. The fraction of sp³-hybridized carbons (Fsp3) is 0.312. The zero-order valence-electron chi connectivity index (χ0n) is 13.0. The van der Waals surface area contributed by atoms with Crippen molar-refractivity contribution < 1.29 is 14.8 Å². The third-order valence-corrected chi connectivity index (χ3v) is 3.32. The molecular formula is C16H19N3O4. The second-order valence-corrected chi connectivity index (χ2v) is 5.19. The van der Waals surface area contributed by atoms with E-state index in [-0.39, 0.29) is 24.7 Å². The summed E-state index contributed by atoms with van der Waals surface area (Å²) in [6.07, 6.45) is 0.630. The molecule has 1 aromatic carbocycles. The van der Waals surface area contributed by atoms with E-state index in [0.717, 1.165) is 16.9 Å². The molecule has 0 bridgehead atoms. The first-order valence-electron chi connectivity index (χ1n) is 7.19. The van der Waals surface area contributed by atoms with Crippen LogP contribution in [0.4, 0.5) is 11.5 Å². The molecule has 0 amide bonds. The number of hydrogen-bond donors (Lipinski definition) is 2. The number of anilines is 1. The number of rotatable bonds is 7. The molecular weight excluding hydrogens is 298 g/mol. The van der Waals surface area contributed by atoms with E-state index >= 15 is 0 Å². The first-order chi connectivity index (χ1) is 11.0. The van der Waals surface area contributed by atoms with Crippen LogP contribution in [0.15, 0.2) is 36.5 Å². The molecule has 1 heterocycles. The standard InChI is InChI=1S/C16H19N3O4/c1-11-5-3-6-12(2)15(11)23-10-13(20)9-18-16-14(19(21)22)7-4-8-17-16/h3-8,13,20H,9-10H2,1-2H3,(H,17,18)/t13-/m0/s1. The molecule has 7 heteroatoms. The van der Waals surface area contributed by atoms with Gasteiger partial charge in [-0.2, -0.15) is 0 Å². The van der Waals surface area contributed by atoms with Crippen LogP contribution in [0.1, 0.15) is 11.1 Å². The average Bonchev–Trinajstić information content (AvgIpc) is 2.52. The molecule has 2 N–H and O–H groups in total. The Balaban J connectivity index is 1.91. The van der Waals surface area contributed by atoms with Gasteiger partial charge in [0.15, 0.2) is 0 Å². The van der Waals surface area contributed by atoms with E-state index in [9.17, 15) is 15.2 Å². The van der Waals surface area contributed by atoms with Crippen molar-refractivity contribution in [2.45, 2.75) is 20.0 Å². The molecule has 1 aromatic heterocycles. The van der Waals surface area contributed by atoms with Crippen LogP contribution in [0.5, 0.6) is 5.75 Å². The lowest BCUT2D eigenvalue weighted by Crippen LogP contribution is -2.27. The first-order valence-corrected chi connectivity index (χ1v) is 7.19. The zero-order valence-corrected chi connectivity index (χ0v) is 13.0. The highest BCUT2D eigenvalue weighted by Gasteiger charge is 2.15. The van der Waals surface area contributed by atoms with Crippen LogP contribution in [0.25, 0.3) is 0 Å². The number of aromatic nitrogens is 1. The zero-order chi connectivity index (χ0) is 16.8. The van der Waals surface area contributed by atoms with Gasteiger partial charge in [-0.1, -0.05) is 18.2 Å². The fourth-order valence-corrected chi connectivity index (χ4v) is 2.16. The SMILES string of the molecule is Cc1cccc(C)c1OC[C@@H](O)CNc1ncccc1[N+](=O)[O-]. The Hall–Kier alpha value is -2.67. The van der Waals surface area contributed by atoms with E-state index in [1.165, 1.54) is 18.3 Å². The molecule has 0 saturated carbocycles. The van der Waals surface area contributed by atoms with Gasteiger partial charge >= 0.3 is 5.69 Å². The maximum absolute atomic E-state index is 10.9. The van der Waals surface area contributed by atoms with Crippen molar-refractivity contribution in [1.82, 2.24) is 4.98 Å². The highest BCUT2D eigenvalue weighted by Crippen LogP contribution is 2.23. The van der Waals surface area contributed by atoms with Crippen LogP contribution >= 0.6 is 0 Å². The van der Waals surface area contributed by atoms with Crippen LogP contribution in [-0.2, 0) is 0 Å². The van der Waals surface area contributed by atoms with Crippen LogP contribution in [0.2, 0.25) is 0 Å². The van der Waals surface area contributed by atoms with Gasteiger partial charge in [0, 0.05) is 18.8 Å². The number of nitro groups is 1. The van der Waals surface area contributed by atoms with Gasteiger partial charge in [-0.25, -0.2) is 4.98 Å². The van der Waals surface area contributed by atoms with Crippen molar-refractivity contribution in [3.63, 3.8) is 0 Å². The molecule has 1 atom stereocenters. The fourth-order valence-electron chi connectivity index (χ4n) is 2.16. The predicted octanol–water partition coefficient (Wildman–Crippen LogP) is 2.46. The maximum atomic E-state index is 10.9. The summed E-state index contributed by atoms with van der Waals surface area (Å²) < 4.78 is 5.65. The van der Waals surface area contributed by atoms with Crippen molar-refractivity contribution in [2.24, 2.45) is 0 Å². The highest BCUT2D eigenvalue weighted by atomic mass is 16.6. The minimum Gasteiger partial charge on any atom is -0.490 e. The summed E-state index contributed by atoms with van der Waals surface area (Å²) >= 11 is 0. The molecule has 0 radical (unpaired) electrons. The van der Waals surface area contributed by atoms with Crippen molar-refractivity contribution in [3.05, 3.63) is 57.8 Å². The van der Waals surface area contributed by atoms with Crippen molar-refractivity contribution >= 4 is 11.5 Å². The summed E-state index contributed by atoms with van der Waals surface area (Å²) in [6.45, 7) is 4.05. The lowest BCUT2D eigenvalue weighted by Gasteiger charge is -2.16. The van der Waals surface area contributed by atoms with Gasteiger partial charge in [-0.15, -0.1) is 0 Å². The molecule has 0 aliphatic heterocycles. The van der Waals surface area contributed by atoms with Gasteiger partial charge < -0.3 is 15.2 Å². The molecule has 2 aromatic rings. The Labute approximate surface area is 134 Å². The molecule has 122 valence electrons. The maximum Gasteiger partial charge on any atom is 0.311 e. The summed E-state index contributed by atoms with van der Waals surface area (Å²) in [7, 11) is 0. The van der Waals surface area contributed by atoms with Crippen LogP contribution < -0.4 is 10.1 Å². The molecule has 0 aliphatic rings. The van der Waals surface area contributed by atoms with Gasteiger partial charge in [-0.05, 0) is 31.0 Å². The van der Waals surface area contributed by atoms with Crippen molar-refractivity contribution in [2.75, 3.05) is 18.5 Å². The molecule has 0 unspecified atom stereocenters. The van der Waals surface area contributed by atoms with Gasteiger partial charge in [0.1, 0.15) is 18.5 Å². The number of aryl methyl sites for hydroxylation is 2. The first kappa shape index (κ1) is 16.7. The number of aliphatic hydroxyl groups excluding tert-OH is 1. The minimum absolute atomic E-state index is 0.0827. The summed E-state index contributed by atoms with van der Waals surface area (Å²) in [4.78, 5) is 14.3. The molecule has 0 saturated heterocycles. The van der Waals surface area contributed by atoms with Gasteiger partial charge in [0.05, 0.1) is 4.92 Å². The topological polar surface area (TPSA) is 97.5 Å². The number of hydrogen-bond acceptors (Lipinski definition) is 6. The van der Waals surface area contributed by atoms with Gasteiger partial charge in [-0.3, -0.25) is 10.1 Å². The number of nitrogens with zero attached hydrogens (tertiary/aromatic N) is 2. The summed E-state index contributed by atoms with van der Waals surface area (Å²) in [5.41, 5.74) is 1.85. The molecule has 0 spiro atoms. The van der Waals surface area contributed by atoms with E-state index in [1.54, 1.807) is 0 Å². The van der Waals surface area contributed by atoms with Crippen LogP contribution in [-0.4, -0.2) is 34.3 Å².